The molecule has 1 aliphatic heterocycles. The van der Waals surface area contributed by atoms with Crippen LogP contribution < -0.4 is 15.3 Å². The molecular formula is C19H14ClN2O4-. The molecule has 0 spiro atoms. The van der Waals surface area contributed by atoms with Gasteiger partial charge >= 0.3 is 0 Å². The summed E-state index contributed by atoms with van der Waals surface area (Å²) < 4.78 is 0. The number of hydrogen-bond acceptors (Lipinski definition) is 5. The highest BCUT2D eigenvalue weighted by molar-refractivity contribution is 6.53. The van der Waals surface area contributed by atoms with E-state index in [1.807, 2.05) is 13.0 Å². The normalized spacial score (nSPS) is 14.2. The van der Waals surface area contributed by atoms with Crippen LogP contribution in [0.1, 0.15) is 21.5 Å². The van der Waals surface area contributed by atoms with E-state index in [1.54, 1.807) is 25.1 Å². The molecule has 1 heterocycles. The Morgan fingerprint density at radius 2 is 1.81 bits per heavy atom. The molecule has 7 heteroatoms. The van der Waals surface area contributed by atoms with Crippen LogP contribution >= 0.6 is 11.6 Å². The van der Waals surface area contributed by atoms with Crippen LogP contribution in [0.3, 0.4) is 0 Å². The van der Waals surface area contributed by atoms with Gasteiger partial charge in [0.05, 0.1) is 11.7 Å². The number of halogens is 1. The van der Waals surface area contributed by atoms with Crippen LogP contribution in [0, 0.1) is 13.8 Å². The van der Waals surface area contributed by atoms with Crippen LogP contribution in [-0.2, 0) is 9.59 Å². The number of carbonyl (C=O) groups excluding carboxylic acids is 3. The van der Waals surface area contributed by atoms with Crippen LogP contribution in [0.25, 0.3) is 0 Å². The molecule has 0 radical (unpaired) electrons. The maximum absolute atomic E-state index is 12.8. The van der Waals surface area contributed by atoms with E-state index < -0.39 is 17.8 Å². The second-order valence-electron chi connectivity index (χ2n) is 5.92. The van der Waals surface area contributed by atoms with E-state index >= 15 is 0 Å². The van der Waals surface area contributed by atoms with Crippen LogP contribution in [0.4, 0.5) is 11.4 Å². The monoisotopic (exact) mass is 369 g/mol. The van der Waals surface area contributed by atoms with Crippen molar-refractivity contribution in [3.63, 3.8) is 0 Å². The third-order valence-electron chi connectivity index (χ3n) is 3.99. The number of nitrogens with zero attached hydrogens (tertiary/aromatic N) is 1. The minimum Gasteiger partial charge on any atom is -0.545 e. The molecule has 26 heavy (non-hydrogen) atoms. The molecule has 3 rings (SSSR count). The van der Waals surface area contributed by atoms with E-state index in [0.717, 1.165) is 16.0 Å². The van der Waals surface area contributed by atoms with E-state index in [1.165, 1.54) is 18.2 Å². The first-order chi connectivity index (χ1) is 12.3. The van der Waals surface area contributed by atoms with Crippen LogP contribution in [0.2, 0.25) is 0 Å². The van der Waals surface area contributed by atoms with Gasteiger partial charge in [-0.3, -0.25) is 9.59 Å². The molecule has 0 aromatic heterocycles. The van der Waals surface area contributed by atoms with Gasteiger partial charge in [0, 0.05) is 5.69 Å². The van der Waals surface area contributed by atoms with Crippen molar-refractivity contribution in [2.24, 2.45) is 0 Å². The Balaban J connectivity index is 1.94. The maximum atomic E-state index is 12.8. The fourth-order valence-corrected chi connectivity index (χ4v) is 2.97. The van der Waals surface area contributed by atoms with Gasteiger partial charge in [0.25, 0.3) is 11.8 Å². The molecule has 6 nitrogen and oxygen atoms in total. The Kier molecular flexibility index (Phi) is 4.52. The number of aromatic carboxylic acids is 1. The predicted molar refractivity (Wildman–Crippen MR) is 95.7 cm³/mol. The van der Waals surface area contributed by atoms with Gasteiger partial charge in [0.1, 0.15) is 10.7 Å². The third-order valence-corrected chi connectivity index (χ3v) is 4.34. The van der Waals surface area contributed by atoms with E-state index in [0.29, 0.717) is 11.4 Å². The first-order valence-corrected chi connectivity index (χ1v) is 8.11. The molecule has 0 fully saturated rings. The Morgan fingerprint density at radius 1 is 1.08 bits per heavy atom. The van der Waals surface area contributed by atoms with Gasteiger partial charge in [-0.15, -0.1) is 0 Å². The summed E-state index contributed by atoms with van der Waals surface area (Å²) in [7, 11) is 0. The quantitative estimate of drug-likeness (QED) is 0.833. The number of aryl methyl sites for hydroxylation is 2. The summed E-state index contributed by atoms with van der Waals surface area (Å²) in [6.45, 7) is 3.71. The number of hydrogen-bond donors (Lipinski definition) is 1. The van der Waals surface area contributed by atoms with Crippen molar-refractivity contribution in [3.05, 3.63) is 69.9 Å². The molecule has 0 aliphatic carbocycles. The van der Waals surface area contributed by atoms with Crippen molar-refractivity contribution in [2.45, 2.75) is 13.8 Å². The van der Waals surface area contributed by atoms with Crippen molar-refractivity contribution < 1.29 is 19.5 Å². The molecular weight excluding hydrogens is 356 g/mol. The van der Waals surface area contributed by atoms with Gasteiger partial charge in [0.2, 0.25) is 0 Å². The minimum atomic E-state index is -1.35. The maximum Gasteiger partial charge on any atom is 0.283 e. The molecule has 0 unspecified atom stereocenters. The first kappa shape index (κ1) is 17.7. The van der Waals surface area contributed by atoms with Gasteiger partial charge in [-0.25, -0.2) is 4.90 Å². The number of amides is 2. The van der Waals surface area contributed by atoms with Gasteiger partial charge in [-0.1, -0.05) is 41.4 Å². The highest BCUT2D eigenvalue weighted by Gasteiger charge is 2.39. The fraction of sp³-hybridized carbons (Fsp3) is 0.105. The standard InChI is InChI=1S/C19H15ClN2O4/c1-10-6-7-14(11(2)8-10)22-17(23)15(20)16(18(22)24)21-13-5-3-4-12(9-13)19(25)26/h3-9,21H,1-2H3,(H,25,26)/p-1. The van der Waals surface area contributed by atoms with Gasteiger partial charge in [0.15, 0.2) is 0 Å². The largest absolute Gasteiger partial charge is 0.545 e. The number of rotatable bonds is 4. The summed E-state index contributed by atoms with van der Waals surface area (Å²) in [6.07, 6.45) is 0. The Hall–Kier alpha value is -3.12. The van der Waals surface area contributed by atoms with Crippen molar-refractivity contribution in [1.29, 1.82) is 0 Å². The molecule has 0 saturated heterocycles. The van der Waals surface area contributed by atoms with Gasteiger partial charge in [-0.2, -0.15) is 0 Å². The Labute approximate surface area is 154 Å². The van der Waals surface area contributed by atoms with Crippen LogP contribution in [0.15, 0.2) is 53.2 Å². The molecule has 2 amide bonds. The average molecular weight is 370 g/mol. The molecule has 132 valence electrons. The zero-order valence-electron chi connectivity index (χ0n) is 14.0. The van der Waals surface area contributed by atoms with E-state index in [4.69, 9.17) is 11.6 Å². The molecule has 0 saturated carbocycles. The SMILES string of the molecule is Cc1ccc(N2C(=O)C(Cl)=C(Nc3cccc(C(=O)[O-])c3)C2=O)c(C)c1. The summed E-state index contributed by atoms with van der Waals surface area (Å²) in [5.41, 5.74) is 2.35. The number of carboxylic acids is 1. The van der Waals surface area contributed by atoms with Crippen molar-refractivity contribution >= 4 is 40.8 Å². The van der Waals surface area contributed by atoms with Crippen molar-refractivity contribution in [3.8, 4) is 0 Å². The van der Waals surface area contributed by atoms with Crippen molar-refractivity contribution in [2.75, 3.05) is 10.2 Å². The molecule has 0 atom stereocenters. The summed E-state index contributed by atoms with van der Waals surface area (Å²) in [6, 6.07) is 11.0. The highest BCUT2D eigenvalue weighted by atomic mass is 35.5. The number of carboxylic acid groups (broad SMARTS) is 1. The lowest BCUT2D eigenvalue weighted by Crippen LogP contribution is -2.32. The molecule has 0 bridgehead atoms. The Bertz CT molecular complexity index is 981. The molecule has 2 aromatic carbocycles. The summed E-state index contributed by atoms with van der Waals surface area (Å²) in [5, 5.41) is 13.5. The topological polar surface area (TPSA) is 89.5 Å². The minimum absolute atomic E-state index is 0.0604. The lowest BCUT2D eigenvalue weighted by molar-refractivity contribution is -0.255. The number of anilines is 2. The zero-order valence-corrected chi connectivity index (χ0v) is 14.8. The smallest absolute Gasteiger partial charge is 0.283 e. The first-order valence-electron chi connectivity index (χ1n) is 7.74. The predicted octanol–water partition coefficient (Wildman–Crippen LogP) is 2.10. The number of imide groups is 1. The van der Waals surface area contributed by atoms with E-state index in [-0.39, 0.29) is 16.3 Å². The summed E-state index contributed by atoms with van der Waals surface area (Å²) in [4.78, 5) is 37.2. The van der Waals surface area contributed by atoms with E-state index in [2.05, 4.69) is 5.32 Å². The molecule has 1 aliphatic rings. The lowest BCUT2D eigenvalue weighted by Gasteiger charge is -2.18. The third kappa shape index (κ3) is 3.07. The zero-order chi connectivity index (χ0) is 19.0. The van der Waals surface area contributed by atoms with E-state index in [9.17, 15) is 19.5 Å². The number of nitrogens with one attached hydrogen (secondary N) is 1. The number of benzene rings is 2. The Morgan fingerprint density at radius 3 is 2.46 bits per heavy atom. The van der Waals surface area contributed by atoms with Gasteiger partial charge in [-0.05, 0) is 43.2 Å². The molecule has 2 aromatic rings. The second-order valence-corrected chi connectivity index (χ2v) is 6.30. The second kappa shape index (κ2) is 6.65. The van der Waals surface area contributed by atoms with Crippen molar-refractivity contribution in [1.82, 2.24) is 0 Å². The fourth-order valence-electron chi connectivity index (χ4n) is 2.75. The highest BCUT2D eigenvalue weighted by Crippen LogP contribution is 2.32. The van der Waals surface area contributed by atoms with Gasteiger partial charge < -0.3 is 15.2 Å². The van der Waals surface area contributed by atoms with Crippen LogP contribution in [0.5, 0.6) is 0 Å². The average Bonchev–Trinajstić information content (AvgIpc) is 2.79. The summed E-state index contributed by atoms with van der Waals surface area (Å²) >= 11 is 6.08. The number of carbonyl (C=O) groups is 3. The van der Waals surface area contributed by atoms with Crippen LogP contribution in [-0.4, -0.2) is 17.8 Å². The molecule has 1 N–H and O–H groups in total. The summed E-state index contributed by atoms with van der Waals surface area (Å²) in [5.74, 6) is -2.59. The lowest BCUT2D eigenvalue weighted by atomic mass is 10.1.